The Bertz CT molecular complexity index is 1180. The van der Waals surface area contributed by atoms with Crippen molar-refractivity contribution in [3.8, 4) is 23.1 Å². The molecule has 0 aliphatic heterocycles. The van der Waals surface area contributed by atoms with Gasteiger partial charge in [-0.2, -0.15) is 0 Å². The maximum Gasteiger partial charge on any atom is 0.268 e. The molecule has 0 bridgehead atoms. The lowest BCUT2D eigenvalue weighted by Crippen LogP contribution is -2.14. The minimum atomic E-state index is -3.96. The summed E-state index contributed by atoms with van der Waals surface area (Å²) in [6.07, 6.45) is 1.51. The molecule has 0 radical (unpaired) electrons. The number of hydrogen-bond donors (Lipinski definition) is 1. The first-order chi connectivity index (χ1) is 14.0. The summed E-state index contributed by atoms with van der Waals surface area (Å²) in [5.74, 6) is 5.19. The third-order valence-electron chi connectivity index (χ3n) is 4.21. The van der Waals surface area contributed by atoms with Gasteiger partial charge in [-0.15, -0.1) is 12.4 Å². The van der Waals surface area contributed by atoms with Gasteiger partial charge in [0.2, 0.25) is 0 Å². The van der Waals surface area contributed by atoms with Crippen LogP contribution in [0.25, 0.3) is 11.3 Å². The molecule has 1 aromatic heterocycles. The van der Waals surface area contributed by atoms with E-state index < -0.39 is 15.8 Å². The zero-order valence-electron chi connectivity index (χ0n) is 16.6. The van der Waals surface area contributed by atoms with E-state index in [1.165, 1.54) is 31.5 Å². The lowest BCUT2D eigenvalue weighted by Gasteiger charge is -2.11. The quantitative estimate of drug-likeness (QED) is 0.584. The third kappa shape index (κ3) is 5.10. The summed E-state index contributed by atoms with van der Waals surface area (Å²) in [6, 6.07) is 14.1. The highest BCUT2D eigenvalue weighted by atomic mass is 35.5. The largest absolute Gasteiger partial charge is 0.372 e. The number of ether oxygens (including phenoxy) is 1. The van der Waals surface area contributed by atoms with Gasteiger partial charge in [-0.25, -0.2) is 16.8 Å². The summed E-state index contributed by atoms with van der Waals surface area (Å²) in [4.78, 5) is 0.0749. The summed E-state index contributed by atoms with van der Waals surface area (Å²) < 4.78 is 47.2. The van der Waals surface area contributed by atoms with Crippen LogP contribution in [0.5, 0.6) is 0 Å². The zero-order valence-corrected chi connectivity index (χ0v) is 18.2. The van der Waals surface area contributed by atoms with Crippen LogP contribution in [-0.4, -0.2) is 33.2 Å². The lowest BCUT2D eigenvalue weighted by molar-refractivity contribution is 0.240. The Hall–Kier alpha value is -2.63. The van der Waals surface area contributed by atoms with Crippen LogP contribution in [0.4, 0.5) is 4.39 Å². The molecular weight excluding hydrogens is 427 g/mol. The Balaban J connectivity index is 0.00000320. The van der Waals surface area contributed by atoms with Crippen molar-refractivity contribution in [2.45, 2.75) is 11.4 Å². The molecule has 2 aromatic carbocycles. The van der Waals surface area contributed by atoms with Crippen LogP contribution in [0, 0.1) is 17.7 Å². The second kappa shape index (κ2) is 10.4. The maximum atomic E-state index is 14.4. The predicted molar refractivity (Wildman–Crippen MR) is 118 cm³/mol. The van der Waals surface area contributed by atoms with Crippen molar-refractivity contribution in [1.29, 1.82) is 0 Å². The van der Waals surface area contributed by atoms with Crippen molar-refractivity contribution < 1.29 is 17.5 Å². The highest BCUT2D eigenvalue weighted by Crippen LogP contribution is 2.29. The van der Waals surface area contributed by atoms with Gasteiger partial charge < -0.3 is 10.1 Å². The lowest BCUT2D eigenvalue weighted by atomic mass is 10.1. The average molecular weight is 449 g/mol. The smallest absolute Gasteiger partial charge is 0.268 e. The monoisotopic (exact) mass is 448 g/mol. The van der Waals surface area contributed by atoms with Crippen molar-refractivity contribution in [1.82, 2.24) is 9.29 Å². The molecule has 5 nitrogen and oxygen atoms in total. The molecule has 30 heavy (non-hydrogen) atoms. The molecule has 0 aliphatic rings. The van der Waals surface area contributed by atoms with Crippen molar-refractivity contribution in [3.05, 3.63) is 77.7 Å². The molecule has 0 aliphatic carbocycles. The van der Waals surface area contributed by atoms with Crippen LogP contribution in [0.15, 0.2) is 65.7 Å². The highest BCUT2D eigenvalue weighted by Gasteiger charge is 2.23. The van der Waals surface area contributed by atoms with Gasteiger partial charge in [0.25, 0.3) is 10.0 Å². The van der Waals surface area contributed by atoms with Crippen LogP contribution in [0.1, 0.15) is 11.1 Å². The summed E-state index contributed by atoms with van der Waals surface area (Å²) in [5.41, 5.74) is 1.77. The van der Waals surface area contributed by atoms with Crippen LogP contribution in [0.3, 0.4) is 0 Å². The minimum absolute atomic E-state index is 0. The standard InChI is InChI=1S/C22H21FN2O3S.ClH/c1-24-15-18-14-22(20-10-3-4-11-21(20)23)25(16-18)29(26,27)19-9-5-7-17(13-19)8-6-12-28-2;/h3-5,7,9-11,13-14,16,24H,12,15H2,1-2H3;1H. The fraction of sp³-hybridized carbons (Fsp3) is 0.182. The summed E-state index contributed by atoms with van der Waals surface area (Å²) in [7, 11) is -0.665. The van der Waals surface area contributed by atoms with E-state index in [2.05, 4.69) is 17.2 Å². The van der Waals surface area contributed by atoms with Crippen LogP contribution >= 0.6 is 12.4 Å². The van der Waals surface area contributed by atoms with E-state index in [4.69, 9.17) is 4.74 Å². The second-order valence-corrected chi connectivity index (χ2v) is 8.12. The van der Waals surface area contributed by atoms with E-state index in [1.807, 2.05) is 0 Å². The summed E-state index contributed by atoms with van der Waals surface area (Å²) >= 11 is 0. The van der Waals surface area contributed by atoms with Crippen LogP contribution < -0.4 is 5.32 Å². The molecule has 0 amide bonds. The van der Waals surface area contributed by atoms with Crippen molar-refractivity contribution in [2.75, 3.05) is 20.8 Å². The van der Waals surface area contributed by atoms with Crippen molar-refractivity contribution in [2.24, 2.45) is 0 Å². The molecule has 0 spiro atoms. The van der Waals surface area contributed by atoms with Gasteiger partial charge >= 0.3 is 0 Å². The second-order valence-electron chi connectivity index (χ2n) is 6.31. The molecule has 0 atom stereocenters. The molecule has 1 N–H and O–H groups in total. The van der Waals surface area contributed by atoms with E-state index in [-0.39, 0.29) is 35.2 Å². The van der Waals surface area contributed by atoms with Gasteiger partial charge in [-0.1, -0.05) is 30.0 Å². The number of nitrogens with zero attached hydrogens (tertiary/aromatic N) is 1. The number of halogens is 2. The van der Waals surface area contributed by atoms with Crippen molar-refractivity contribution >= 4 is 22.4 Å². The first kappa shape index (κ1) is 23.6. The third-order valence-corrected chi connectivity index (χ3v) is 5.88. The Morgan fingerprint density at radius 3 is 2.60 bits per heavy atom. The Kier molecular flexibility index (Phi) is 8.21. The molecule has 0 saturated carbocycles. The fourth-order valence-electron chi connectivity index (χ4n) is 2.92. The van der Waals surface area contributed by atoms with Gasteiger partial charge in [0.05, 0.1) is 10.6 Å². The van der Waals surface area contributed by atoms with E-state index >= 15 is 0 Å². The van der Waals surface area contributed by atoms with Gasteiger partial charge in [0.15, 0.2) is 0 Å². The molecule has 0 saturated heterocycles. The fourth-order valence-corrected chi connectivity index (χ4v) is 4.36. The molecular formula is C22H22ClFN2O3S. The molecule has 3 rings (SSSR count). The zero-order chi connectivity index (χ0) is 20.9. The molecule has 0 unspecified atom stereocenters. The van der Waals surface area contributed by atoms with Gasteiger partial charge in [0.1, 0.15) is 12.4 Å². The van der Waals surface area contributed by atoms with E-state index in [9.17, 15) is 12.8 Å². The molecule has 3 aromatic rings. The number of rotatable bonds is 6. The molecule has 158 valence electrons. The van der Waals surface area contributed by atoms with E-state index in [1.54, 1.807) is 43.4 Å². The highest BCUT2D eigenvalue weighted by molar-refractivity contribution is 7.90. The van der Waals surface area contributed by atoms with Crippen molar-refractivity contribution in [3.63, 3.8) is 0 Å². The molecule has 1 heterocycles. The van der Waals surface area contributed by atoms with Crippen LogP contribution in [-0.2, 0) is 21.3 Å². The van der Waals surface area contributed by atoms with Gasteiger partial charge in [0, 0.05) is 31.0 Å². The van der Waals surface area contributed by atoms with Crippen LogP contribution in [0.2, 0.25) is 0 Å². The van der Waals surface area contributed by atoms with Gasteiger partial charge in [-0.3, -0.25) is 0 Å². The Morgan fingerprint density at radius 2 is 1.90 bits per heavy atom. The Morgan fingerprint density at radius 1 is 1.13 bits per heavy atom. The Labute approximate surface area is 182 Å². The summed E-state index contributed by atoms with van der Waals surface area (Å²) in [5, 5.41) is 2.99. The minimum Gasteiger partial charge on any atom is -0.372 e. The SMILES string of the molecule is CNCc1cc(-c2ccccc2F)n(S(=O)(=O)c2cccc(C#CCOC)c2)c1.Cl. The molecule has 8 heteroatoms. The summed E-state index contributed by atoms with van der Waals surface area (Å²) in [6.45, 7) is 0.700. The molecule has 0 fully saturated rings. The number of methoxy groups -OCH3 is 1. The topological polar surface area (TPSA) is 60.3 Å². The number of hydrogen-bond acceptors (Lipinski definition) is 4. The number of nitrogens with one attached hydrogen (secondary N) is 1. The maximum absolute atomic E-state index is 14.4. The predicted octanol–water partition coefficient (Wildman–Crippen LogP) is 3.67. The normalized spacial score (nSPS) is 10.8. The number of aromatic nitrogens is 1. The number of benzene rings is 2. The first-order valence-electron chi connectivity index (χ1n) is 8.91. The van der Waals surface area contributed by atoms with Gasteiger partial charge in [-0.05, 0) is 49.0 Å². The van der Waals surface area contributed by atoms with E-state index in [0.717, 1.165) is 9.54 Å². The van der Waals surface area contributed by atoms with E-state index in [0.29, 0.717) is 12.1 Å². The average Bonchev–Trinajstić information content (AvgIpc) is 3.14. The first-order valence-corrected chi connectivity index (χ1v) is 10.4.